The molecule has 22 heavy (non-hydrogen) atoms. The van der Waals surface area contributed by atoms with Crippen LogP contribution in [0.3, 0.4) is 0 Å². The van der Waals surface area contributed by atoms with Gasteiger partial charge in [-0.2, -0.15) is 17.7 Å². The molecule has 0 fully saturated rings. The Morgan fingerprint density at radius 3 is 2.36 bits per heavy atom. The number of aldehydes is 1. The second-order valence-electron chi connectivity index (χ2n) is 4.23. The third kappa shape index (κ3) is 5.14. The Kier molecular flexibility index (Phi) is 11.6. The van der Waals surface area contributed by atoms with E-state index < -0.39 is 0 Å². The van der Waals surface area contributed by atoms with Crippen LogP contribution in [0.15, 0.2) is 36.4 Å². The van der Waals surface area contributed by atoms with Crippen molar-refractivity contribution in [2.45, 2.75) is 13.3 Å². The Bertz CT molecular complexity index is 636. The van der Waals surface area contributed by atoms with Crippen LogP contribution in [0.2, 0.25) is 0 Å². The van der Waals surface area contributed by atoms with Gasteiger partial charge in [0.25, 0.3) is 0 Å². The molecule has 0 aliphatic carbocycles. The number of aromatic hydroxyl groups is 1. The number of benzene rings is 2. The first-order chi connectivity index (χ1) is 9.19. The number of hydrogen-bond donors (Lipinski definition) is 1. The third-order valence-corrected chi connectivity index (χ3v) is 3.04. The van der Waals surface area contributed by atoms with Crippen LogP contribution in [0.25, 0.3) is 11.1 Å². The second-order valence-corrected chi connectivity index (χ2v) is 4.23. The zero-order valence-electron chi connectivity index (χ0n) is 13.5. The topological polar surface area (TPSA) is 54.4 Å². The molecule has 0 aromatic heterocycles. The first-order valence-electron chi connectivity index (χ1n) is 5.99. The van der Waals surface area contributed by atoms with Gasteiger partial charge in [0.15, 0.2) is 6.29 Å². The molecule has 2 aromatic rings. The minimum absolute atomic E-state index is 0. The maximum Gasteiger partial charge on any atom is 1.00 e. The molecular weight excluding hydrogens is 303 g/mol. The summed E-state index contributed by atoms with van der Waals surface area (Å²) < 4.78 is 0. The number of phenolic OH excluding ortho intramolecular Hbond substituents is 1. The predicted molar refractivity (Wildman–Crippen MR) is 85.9 cm³/mol. The average molecular weight is 322 g/mol. The predicted octanol–water partition coefficient (Wildman–Crippen LogP) is 0.796. The number of phenols is 1. The van der Waals surface area contributed by atoms with Gasteiger partial charge in [-0.1, -0.05) is 18.6 Å². The Balaban J connectivity index is 0. The van der Waals surface area contributed by atoms with Crippen molar-refractivity contribution in [3.05, 3.63) is 67.9 Å². The molecule has 2 aromatic carbocycles. The number of carbonyl (C=O) groups excluding carboxylic acids is 2. The number of carbonyl (C=O) groups is 1. The van der Waals surface area contributed by atoms with Crippen LogP contribution < -0.4 is 51.4 Å². The summed E-state index contributed by atoms with van der Waals surface area (Å²) >= 11 is 0. The third-order valence-electron chi connectivity index (χ3n) is 3.04. The van der Waals surface area contributed by atoms with Gasteiger partial charge in [0.05, 0.1) is 11.8 Å². The SMILES string of the molecule is CCc1cc(-c2cccc([C-]=O)c2)cc(C=O)c1O.[CH3-].[CH3-].[K+]. The van der Waals surface area contributed by atoms with Gasteiger partial charge in [-0.25, -0.2) is 0 Å². The molecule has 0 atom stereocenters. The van der Waals surface area contributed by atoms with Crippen molar-refractivity contribution < 1.29 is 66.1 Å². The van der Waals surface area contributed by atoms with E-state index in [1.807, 2.05) is 25.3 Å². The van der Waals surface area contributed by atoms with Crippen LogP contribution in [0, 0.1) is 14.9 Å². The van der Waals surface area contributed by atoms with Gasteiger partial charge < -0.3 is 24.8 Å². The Morgan fingerprint density at radius 2 is 1.82 bits per heavy atom. The molecule has 0 unspecified atom stereocenters. The first kappa shape index (κ1) is 23.5. The van der Waals surface area contributed by atoms with Crippen molar-refractivity contribution in [3.8, 4) is 16.9 Å². The molecule has 0 saturated carbocycles. The van der Waals surface area contributed by atoms with Gasteiger partial charge in [-0.15, -0.1) is 6.07 Å². The molecule has 1 N–H and O–H groups in total. The van der Waals surface area contributed by atoms with E-state index in [1.165, 1.54) is 0 Å². The molecule has 0 aliphatic heterocycles. The molecule has 4 heteroatoms. The van der Waals surface area contributed by atoms with Gasteiger partial charge in [-0.3, -0.25) is 4.79 Å². The van der Waals surface area contributed by atoms with E-state index >= 15 is 0 Å². The Morgan fingerprint density at radius 1 is 1.14 bits per heavy atom. The van der Waals surface area contributed by atoms with E-state index in [9.17, 15) is 14.7 Å². The van der Waals surface area contributed by atoms with Crippen LogP contribution in [0.4, 0.5) is 0 Å². The van der Waals surface area contributed by atoms with Crippen LogP contribution in [0.5, 0.6) is 5.75 Å². The van der Waals surface area contributed by atoms with Crippen molar-refractivity contribution in [2.24, 2.45) is 0 Å². The monoisotopic (exact) mass is 322 g/mol. The first-order valence-corrected chi connectivity index (χ1v) is 5.99. The molecular formula is C18H19KO3-2. The smallest absolute Gasteiger partial charge is 0.507 e. The molecule has 0 spiro atoms. The van der Waals surface area contributed by atoms with Crippen LogP contribution in [-0.2, 0) is 11.2 Å². The number of rotatable bonds is 4. The standard InChI is InChI=1S/C16H13O3.2CH3.K/c1-2-12-7-14(8-15(10-18)16(12)19)13-5-3-4-11(6-13)9-17;;;/h3-8,10,19H,2H2,1H3;2*1H3;/q3*-1;+1. The summed E-state index contributed by atoms with van der Waals surface area (Å²) in [5.41, 5.74) is 3.04. The summed E-state index contributed by atoms with van der Waals surface area (Å²) in [6.07, 6.45) is 3.09. The van der Waals surface area contributed by atoms with Crippen LogP contribution in [0.1, 0.15) is 28.4 Å². The summed E-state index contributed by atoms with van der Waals surface area (Å²) in [6.45, 7) is 1.91. The summed E-state index contributed by atoms with van der Waals surface area (Å²) in [7, 11) is 0. The molecule has 0 heterocycles. The van der Waals surface area contributed by atoms with Gasteiger partial charge in [-0.05, 0) is 29.7 Å². The van der Waals surface area contributed by atoms with Gasteiger partial charge in [0.2, 0.25) is 0 Å². The van der Waals surface area contributed by atoms with Gasteiger partial charge in [0, 0.05) is 0 Å². The van der Waals surface area contributed by atoms with Crippen molar-refractivity contribution in [1.29, 1.82) is 0 Å². The fraction of sp³-hybridized carbons (Fsp3) is 0.111. The number of hydrogen-bond acceptors (Lipinski definition) is 3. The van der Waals surface area contributed by atoms with E-state index in [0.717, 1.165) is 11.1 Å². The molecule has 2 rings (SSSR count). The zero-order chi connectivity index (χ0) is 13.8. The van der Waals surface area contributed by atoms with Crippen LogP contribution in [-0.4, -0.2) is 17.7 Å². The molecule has 3 nitrogen and oxygen atoms in total. The summed E-state index contributed by atoms with van der Waals surface area (Å²) in [5, 5.41) is 9.87. The van der Waals surface area contributed by atoms with E-state index in [2.05, 4.69) is 0 Å². The summed E-state index contributed by atoms with van der Waals surface area (Å²) in [4.78, 5) is 21.6. The van der Waals surface area contributed by atoms with Gasteiger partial charge in [0.1, 0.15) is 5.75 Å². The quantitative estimate of drug-likeness (QED) is 0.515. The number of aryl methyl sites for hydroxylation is 1. The normalized spacial score (nSPS) is 8.77. The molecule has 112 valence electrons. The van der Waals surface area contributed by atoms with E-state index in [-0.39, 0.29) is 77.6 Å². The fourth-order valence-electron chi connectivity index (χ4n) is 2.01. The summed E-state index contributed by atoms with van der Waals surface area (Å²) in [5.74, 6) is 0.0272. The Labute approximate surface area is 175 Å². The Hall–Kier alpha value is -0.784. The van der Waals surface area contributed by atoms with Gasteiger partial charge >= 0.3 is 51.4 Å². The zero-order valence-corrected chi connectivity index (χ0v) is 16.6. The maximum absolute atomic E-state index is 11.0. The molecule has 0 amide bonds. The fourth-order valence-corrected chi connectivity index (χ4v) is 2.01. The molecule has 0 bridgehead atoms. The maximum atomic E-state index is 11.0. The molecule has 0 radical (unpaired) electrons. The van der Waals surface area contributed by atoms with E-state index in [1.54, 1.807) is 24.3 Å². The largest absolute Gasteiger partial charge is 1.00 e. The minimum Gasteiger partial charge on any atom is -0.507 e. The second kappa shape index (κ2) is 10.9. The molecule has 0 aliphatic rings. The van der Waals surface area contributed by atoms with Crippen molar-refractivity contribution in [3.63, 3.8) is 0 Å². The van der Waals surface area contributed by atoms with Crippen molar-refractivity contribution >= 4 is 12.6 Å². The average Bonchev–Trinajstić information content (AvgIpc) is 2.47. The van der Waals surface area contributed by atoms with Crippen LogP contribution >= 0.6 is 0 Å². The minimum atomic E-state index is 0. The van der Waals surface area contributed by atoms with E-state index in [4.69, 9.17) is 0 Å². The van der Waals surface area contributed by atoms with E-state index in [0.29, 0.717) is 23.8 Å². The van der Waals surface area contributed by atoms with Crippen molar-refractivity contribution in [2.75, 3.05) is 0 Å². The van der Waals surface area contributed by atoms with Crippen molar-refractivity contribution in [1.82, 2.24) is 0 Å². The summed E-state index contributed by atoms with van der Waals surface area (Å²) in [6, 6.07) is 10.4. The molecule has 0 saturated heterocycles.